The molecule has 0 bridgehead atoms. The SMILES string of the molecule is CCCc1ccccc1NCc1cc(Cl)cs1. The Morgan fingerprint density at radius 1 is 1.29 bits per heavy atom. The average Bonchev–Trinajstić information content (AvgIpc) is 2.74. The molecule has 2 aromatic rings. The number of thiophene rings is 1. The molecular formula is C14H16ClNS. The van der Waals surface area contributed by atoms with Crippen molar-refractivity contribution in [2.75, 3.05) is 5.32 Å². The molecule has 17 heavy (non-hydrogen) atoms. The summed E-state index contributed by atoms with van der Waals surface area (Å²) >= 11 is 7.60. The summed E-state index contributed by atoms with van der Waals surface area (Å²) in [5.41, 5.74) is 2.62. The van der Waals surface area contributed by atoms with Gasteiger partial charge in [0.2, 0.25) is 0 Å². The molecule has 0 saturated heterocycles. The molecule has 90 valence electrons. The fourth-order valence-electron chi connectivity index (χ4n) is 1.81. The van der Waals surface area contributed by atoms with E-state index in [0.29, 0.717) is 0 Å². The van der Waals surface area contributed by atoms with E-state index in [2.05, 4.69) is 36.5 Å². The number of rotatable bonds is 5. The second-order valence-electron chi connectivity index (χ2n) is 3.99. The molecule has 0 aliphatic carbocycles. The fraction of sp³-hybridized carbons (Fsp3) is 0.286. The monoisotopic (exact) mass is 265 g/mol. The van der Waals surface area contributed by atoms with Crippen LogP contribution in [-0.2, 0) is 13.0 Å². The van der Waals surface area contributed by atoms with Gasteiger partial charge >= 0.3 is 0 Å². The molecular weight excluding hydrogens is 250 g/mol. The topological polar surface area (TPSA) is 12.0 Å². The van der Waals surface area contributed by atoms with Crippen molar-refractivity contribution in [2.45, 2.75) is 26.3 Å². The Morgan fingerprint density at radius 2 is 2.12 bits per heavy atom. The predicted molar refractivity (Wildman–Crippen MR) is 77.1 cm³/mol. The Morgan fingerprint density at radius 3 is 2.82 bits per heavy atom. The molecule has 0 atom stereocenters. The van der Waals surface area contributed by atoms with E-state index in [0.717, 1.165) is 18.0 Å². The van der Waals surface area contributed by atoms with Gasteiger partial charge in [-0.15, -0.1) is 11.3 Å². The first-order chi connectivity index (χ1) is 8.29. The van der Waals surface area contributed by atoms with Crippen molar-refractivity contribution in [1.29, 1.82) is 0 Å². The lowest BCUT2D eigenvalue weighted by atomic mass is 10.1. The number of para-hydroxylation sites is 1. The fourth-order valence-corrected chi connectivity index (χ4v) is 2.82. The van der Waals surface area contributed by atoms with Crippen molar-refractivity contribution in [3.8, 4) is 0 Å². The highest BCUT2D eigenvalue weighted by Crippen LogP contribution is 2.22. The Kier molecular flexibility index (Phi) is 4.46. The minimum Gasteiger partial charge on any atom is -0.380 e. The molecule has 1 aromatic carbocycles. The van der Waals surface area contributed by atoms with Crippen LogP contribution in [0.5, 0.6) is 0 Å². The van der Waals surface area contributed by atoms with Crippen LogP contribution in [0, 0.1) is 0 Å². The molecule has 0 spiro atoms. The third-order valence-corrected chi connectivity index (χ3v) is 3.90. The lowest BCUT2D eigenvalue weighted by molar-refractivity contribution is 0.920. The number of anilines is 1. The quantitative estimate of drug-likeness (QED) is 0.805. The average molecular weight is 266 g/mol. The van der Waals surface area contributed by atoms with E-state index < -0.39 is 0 Å². The molecule has 0 fully saturated rings. The van der Waals surface area contributed by atoms with E-state index in [1.807, 2.05) is 11.4 Å². The van der Waals surface area contributed by atoms with Crippen molar-refractivity contribution in [1.82, 2.24) is 0 Å². The molecule has 0 aliphatic rings. The van der Waals surface area contributed by atoms with Gasteiger partial charge in [0, 0.05) is 22.5 Å². The molecule has 0 aliphatic heterocycles. The van der Waals surface area contributed by atoms with E-state index in [-0.39, 0.29) is 0 Å². The second-order valence-corrected chi connectivity index (χ2v) is 5.42. The maximum atomic E-state index is 5.91. The number of hydrogen-bond donors (Lipinski definition) is 1. The maximum absolute atomic E-state index is 5.91. The summed E-state index contributed by atoms with van der Waals surface area (Å²) in [7, 11) is 0. The Balaban J connectivity index is 2.03. The predicted octanol–water partition coefficient (Wildman–Crippen LogP) is 4.97. The molecule has 1 aromatic heterocycles. The third-order valence-electron chi connectivity index (χ3n) is 2.61. The van der Waals surface area contributed by atoms with Gasteiger partial charge < -0.3 is 5.32 Å². The highest BCUT2D eigenvalue weighted by molar-refractivity contribution is 7.10. The number of halogens is 1. The summed E-state index contributed by atoms with van der Waals surface area (Å²) in [5, 5.41) is 6.28. The minimum atomic E-state index is 0.827. The van der Waals surface area contributed by atoms with Crippen molar-refractivity contribution in [3.05, 3.63) is 51.2 Å². The summed E-state index contributed by atoms with van der Waals surface area (Å²) in [6.45, 7) is 3.05. The highest BCUT2D eigenvalue weighted by atomic mass is 35.5. The molecule has 2 rings (SSSR count). The highest BCUT2D eigenvalue weighted by Gasteiger charge is 2.02. The standard InChI is InChI=1S/C14H16ClNS/c1-2-5-11-6-3-4-7-14(11)16-9-13-8-12(15)10-17-13/h3-4,6-8,10,16H,2,5,9H2,1H3. The molecule has 3 heteroatoms. The largest absolute Gasteiger partial charge is 0.380 e. The van der Waals surface area contributed by atoms with Gasteiger partial charge in [0.15, 0.2) is 0 Å². The van der Waals surface area contributed by atoms with Crippen LogP contribution in [0.3, 0.4) is 0 Å². The van der Waals surface area contributed by atoms with Crippen molar-refractivity contribution in [3.63, 3.8) is 0 Å². The zero-order chi connectivity index (χ0) is 12.1. The second kappa shape index (κ2) is 6.08. The van der Waals surface area contributed by atoms with Crippen LogP contribution in [0.4, 0.5) is 5.69 Å². The van der Waals surface area contributed by atoms with Crippen LogP contribution in [0.15, 0.2) is 35.7 Å². The first-order valence-corrected chi connectivity index (χ1v) is 7.10. The van der Waals surface area contributed by atoms with Gasteiger partial charge in [-0.1, -0.05) is 43.1 Å². The summed E-state index contributed by atoms with van der Waals surface area (Å²) in [5.74, 6) is 0. The Bertz CT molecular complexity index is 479. The van der Waals surface area contributed by atoms with Crippen molar-refractivity contribution < 1.29 is 0 Å². The van der Waals surface area contributed by atoms with E-state index in [4.69, 9.17) is 11.6 Å². The molecule has 0 unspecified atom stereocenters. The van der Waals surface area contributed by atoms with Crippen LogP contribution in [0.2, 0.25) is 5.02 Å². The summed E-state index contributed by atoms with van der Waals surface area (Å²) in [6, 6.07) is 10.5. The molecule has 0 amide bonds. The van der Waals surface area contributed by atoms with Crippen LogP contribution >= 0.6 is 22.9 Å². The van der Waals surface area contributed by atoms with Crippen molar-refractivity contribution >= 4 is 28.6 Å². The number of nitrogens with one attached hydrogen (secondary N) is 1. The van der Waals surface area contributed by atoms with E-state index in [1.165, 1.54) is 22.5 Å². The lowest BCUT2D eigenvalue weighted by Gasteiger charge is -2.10. The molecule has 0 saturated carbocycles. The lowest BCUT2D eigenvalue weighted by Crippen LogP contribution is -2.00. The summed E-state index contributed by atoms with van der Waals surface area (Å²) in [4.78, 5) is 1.27. The smallest absolute Gasteiger partial charge is 0.0516 e. The first-order valence-electron chi connectivity index (χ1n) is 5.84. The maximum Gasteiger partial charge on any atom is 0.0516 e. The van der Waals surface area contributed by atoms with Crippen molar-refractivity contribution in [2.24, 2.45) is 0 Å². The third kappa shape index (κ3) is 3.48. The number of benzene rings is 1. The molecule has 1 heterocycles. The number of hydrogen-bond acceptors (Lipinski definition) is 2. The van der Waals surface area contributed by atoms with Gasteiger partial charge in [-0.3, -0.25) is 0 Å². The molecule has 1 nitrogen and oxygen atoms in total. The molecule has 1 N–H and O–H groups in total. The van der Waals surface area contributed by atoms with Gasteiger partial charge in [0.05, 0.1) is 5.02 Å². The van der Waals surface area contributed by atoms with E-state index >= 15 is 0 Å². The zero-order valence-corrected chi connectivity index (χ0v) is 11.4. The summed E-state index contributed by atoms with van der Waals surface area (Å²) in [6.07, 6.45) is 2.29. The van der Waals surface area contributed by atoms with Gasteiger partial charge in [-0.05, 0) is 24.1 Å². The van der Waals surface area contributed by atoms with Crippen LogP contribution in [0.1, 0.15) is 23.8 Å². The zero-order valence-electron chi connectivity index (χ0n) is 9.87. The normalized spacial score (nSPS) is 10.5. The van der Waals surface area contributed by atoms with E-state index in [1.54, 1.807) is 11.3 Å². The van der Waals surface area contributed by atoms with Gasteiger partial charge in [-0.2, -0.15) is 0 Å². The minimum absolute atomic E-state index is 0.827. The van der Waals surface area contributed by atoms with Crippen LogP contribution in [0.25, 0.3) is 0 Å². The van der Waals surface area contributed by atoms with Crippen LogP contribution in [-0.4, -0.2) is 0 Å². The van der Waals surface area contributed by atoms with Gasteiger partial charge in [0.1, 0.15) is 0 Å². The summed E-state index contributed by atoms with van der Waals surface area (Å²) < 4.78 is 0. The van der Waals surface area contributed by atoms with Crippen LogP contribution < -0.4 is 5.32 Å². The Hall–Kier alpha value is -0.990. The van der Waals surface area contributed by atoms with E-state index in [9.17, 15) is 0 Å². The Labute approximate surface area is 111 Å². The van der Waals surface area contributed by atoms with Gasteiger partial charge in [0.25, 0.3) is 0 Å². The van der Waals surface area contributed by atoms with Gasteiger partial charge in [-0.25, -0.2) is 0 Å². The first kappa shape index (κ1) is 12.5. The number of aryl methyl sites for hydroxylation is 1. The molecule has 0 radical (unpaired) electrons.